The summed E-state index contributed by atoms with van der Waals surface area (Å²) in [6.07, 6.45) is 3.66. The third-order valence-electron chi connectivity index (χ3n) is 5.96. The Morgan fingerprint density at radius 3 is 2.45 bits per heavy atom. The summed E-state index contributed by atoms with van der Waals surface area (Å²) in [5, 5.41) is 2.70. The van der Waals surface area contributed by atoms with Gasteiger partial charge in [-0.25, -0.2) is 9.59 Å². The molecule has 4 N–H and O–H groups in total. The number of nitrogens with one attached hydrogen (secondary N) is 2. The number of H-pyrrole nitrogens is 1. The van der Waals surface area contributed by atoms with Gasteiger partial charge in [-0.2, -0.15) is 0 Å². The van der Waals surface area contributed by atoms with Gasteiger partial charge in [-0.3, -0.25) is 28.8 Å². The molecule has 3 rings (SSSR count). The molecule has 11 nitrogen and oxygen atoms in total. The SMILES string of the molecule is CCCCn1c(N)c(N(CCC)C(=O)CN2C(=O)NC(C)(C3CC3)C2=O)c(=O)[nH]c1=O. The molecule has 0 radical (unpaired) electrons. The average Bonchev–Trinajstić information content (AvgIpc) is 3.53. The molecule has 0 bridgehead atoms. The second kappa shape index (κ2) is 8.56. The molecule has 1 atom stereocenters. The van der Waals surface area contributed by atoms with E-state index in [4.69, 9.17) is 5.73 Å². The van der Waals surface area contributed by atoms with Gasteiger partial charge in [-0.15, -0.1) is 0 Å². The van der Waals surface area contributed by atoms with Crippen LogP contribution in [0.25, 0.3) is 0 Å². The van der Waals surface area contributed by atoms with Gasteiger partial charge in [0.1, 0.15) is 17.9 Å². The van der Waals surface area contributed by atoms with Gasteiger partial charge < -0.3 is 16.0 Å². The van der Waals surface area contributed by atoms with Crippen molar-refractivity contribution in [1.82, 2.24) is 19.8 Å². The van der Waals surface area contributed by atoms with Crippen molar-refractivity contribution in [3.8, 4) is 0 Å². The number of hydrogen-bond acceptors (Lipinski definition) is 6. The zero-order valence-electron chi connectivity index (χ0n) is 18.2. The Labute approximate surface area is 179 Å². The van der Waals surface area contributed by atoms with E-state index in [1.807, 2.05) is 13.8 Å². The monoisotopic (exact) mass is 434 g/mol. The molecule has 2 fully saturated rings. The van der Waals surface area contributed by atoms with E-state index in [9.17, 15) is 24.0 Å². The fourth-order valence-corrected chi connectivity index (χ4v) is 3.98. The summed E-state index contributed by atoms with van der Waals surface area (Å²) < 4.78 is 1.23. The van der Waals surface area contributed by atoms with Crippen LogP contribution in [-0.4, -0.2) is 50.9 Å². The molecule has 1 aliphatic carbocycles. The standard InChI is InChI=1S/C20H30N6O5/c1-4-6-10-25-15(21)14(16(28)22-18(25)30)24(9-5-2)13(27)11-26-17(29)20(3,12-7-8-12)23-19(26)31/h12H,4-11,21H2,1-3H3,(H,23,31)(H,22,28,30). The average molecular weight is 434 g/mol. The second-order valence-corrected chi connectivity index (χ2v) is 8.34. The smallest absolute Gasteiger partial charge is 0.330 e. The summed E-state index contributed by atoms with van der Waals surface area (Å²) in [6, 6.07) is -0.626. The first-order valence-corrected chi connectivity index (χ1v) is 10.7. The number of aromatic amines is 1. The number of aromatic nitrogens is 2. The lowest BCUT2D eigenvalue weighted by atomic mass is 9.96. The molecule has 0 spiro atoms. The van der Waals surface area contributed by atoms with Crippen molar-refractivity contribution in [1.29, 1.82) is 0 Å². The highest BCUT2D eigenvalue weighted by atomic mass is 16.2. The van der Waals surface area contributed by atoms with E-state index >= 15 is 0 Å². The predicted molar refractivity (Wildman–Crippen MR) is 115 cm³/mol. The number of rotatable bonds is 9. The Hall–Kier alpha value is -3.11. The molecular weight excluding hydrogens is 404 g/mol. The maximum absolute atomic E-state index is 13.1. The molecule has 1 aromatic heterocycles. The number of hydrogen-bond donors (Lipinski definition) is 3. The molecule has 2 heterocycles. The van der Waals surface area contributed by atoms with E-state index in [2.05, 4.69) is 10.3 Å². The zero-order valence-corrected chi connectivity index (χ0v) is 18.2. The minimum atomic E-state index is -1.00. The van der Waals surface area contributed by atoms with Crippen LogP contribution in [0.3, 0.4) is 0 Å². The summed E-state index contributed by atoms with van der Waals surface area (Å²) in [4.78, 5) is 67.5. The quantitative estimate of drug-likeness (QED) is 0.478. The number of imide groups is 1. The second-order valence-electron chi connectivity index (χ2n) is 8.34. The van der Waals surface area contributed by atoms with Crippen LogP contribution < -0.4 is 27.2 Å². The summed E-state index contributed by atoms with van der Waals surface area (Å²) in [5.74, 6) is -1.11. The van der Waals surface area contributed by atoms with Crippen LogP contribution in [0, 0.1) is 5.92 Å². The number of unbranched alkanes of at least 4 members (excludes halogenated alkanes) is 1. The van der Waals surface area contributed by atoms with Gasteiger partial charge in [0.05, 0.1) is 0 Å². The number of amides is 4. The molecule has 2 aliphatic rings. The summed E-state index contributed by atoms with van der Waals surface area (Å²) >= 11 is 0. The molecule has 1 unspecified atom stereocenters. The zero-order chi connectivity index (χ0) is 22.9. The molecular formula is C20H30N6O5. The van der Waals surface area contributed by atoms with Gasteiger partial charge in [0.25, 0.3) is 11.5 Å². The first kappa shape index (κ1) is 22.6. The lowest BCUT2D eigenvalue weighted by Crippen LogP contribution is -2.48. The van der Waals surface area contributed by atoms with Crippen molar-refractivity contribution in [2.24, 2.45) is 5.92 Å². The summed E-state index contributed by atoms with van der Waals surface area (Å²) in [6.45, 7) is 5.36. The van der Waals surface area contributed by atoms with Gasteiger partial charge in [0.15, 0.2) is 5.69 Å². The number of carbonyl (C=O) groups excluding carboxylic acids is 3. The topological polar surface area (TPSA) is 151 Å². The molecule has 1 saturated carbocycles. The van der Waals surface area contributed by atoms with Crippen LogP contribution in [0.5, 0.6) is 0 Å². The van der Waals surface area contributed by atoms with Crippen LogP contribution in [-0.2, 0) is 16.1 Å². The van der Waals surface area contributed by atoms with Gasteiger partial charge >= 0.3 is 11.7 Å². The third-order valence-corrected chi connectivity index (χ3v) is 5.96. The van der Waals surface area contributed by atoms with Crippen molar-refractivity contribution in [3.05, 3.63) is 20.8 Å². The van der Waals surface area contributed by atoms with E-state index in [1.54, 1.807) is 6.92 Å². The number of nitrogens with two attached hydrogens (primary N) is 1. The molecule has 4 amide bonds. The molecule has 31 heavy (non-hydrogen) atoms. The van der Waals surface area contributed by atoms with Gasteiger partial charge in [-0.05, 0) is 38.5 Å². The van der Waals surface area contributed by atoms with Crippen molar-refractivity contribution in [2.45, 2.75) is 65.0 Å². The van der Waals surface area contributed by atoms with E-state index in [0.717, 1.165) is 29.1 Å². The van der Waals surface area contributed by atoms with E-state index in [-0.39, 0.29) is 24.0 Å². The first-order chi connectivity index (χ1) is 14.7. The lowest BCUT2D eigenvalue weighted by molar-refractivity contribution is -0.134. The Morgan fingerprint density at radius 2 is 1.87 bits per heavy atom. The van der Waals surface area contributed by atoms with Gasteiger partial charge in [0.2, 0.25) is 5.91 Å². The predicted octanol–water partition coefficient (Wildman–Crippen LogP) is 0.382. The Morgan fingerprint density at radius 1 is 1.19 bits per heavy atom. The van der Waals surface area contributed by atoms with Crippen LogP contribution in [0.15, 0.2) is 9.59 Å². The highest BCUT2D eigenvalue weighted by molar-refractivity contribution is 6.10. The molecule has 170 valence electrons. The Kier molecular flexibility index (Phi) is 6.23. The highest BCUT2D eigenvalue weighted by Crippen LogP contribution is 2.42. The number of carbonyl (C=O) groups is 3. The fraction of sp³-hybridized carbons (Fsp3) is 0.650. The van der Waals surface area contributed by atoms with Crippen molar-refractivity contribution < 1.29 is 14.4 Å². The highest BCUT2D eigenvalue weighted by Gasteiger charge is 2.56. The minimum absolute atomic E-state index is 0.0661. The van der Waals surface area contributed by atoms with E-state index < -0.39 is 41.2 Å². The van der Waals surface area contributed by atoms with E-state index in [1.165, 1.54) is 4.57 Å². The number of anilines is 2. The van der Waals surface area contributed by atoms with Crippen molar-refractivity contribution >= 4 is 29.4 Å². The van der Waals surface area contributed by atoms with Crippen LogP contribution in [0.2, 0.25) is 0 Å². The fourth-order valence-electron chi connectivity index (χ4n) is 3.98. The van der Waals surface area contributed by atoms with Crippen molar-refractivity contribution in [3.63, 3.8) is 0 Å². The summed E-state index contributed by atoms with van der Waals surface area (Å²) in [5.41, 5.74) is 3.57. The maximum atomic E-state index is 13.1. The van der Waals surface area contributed by atoms with Crippen molar-refractivity contribution in [2.75, 3.05) is 23.7 Å². The molecule has 1 aromatic rings. The first-order valence-electron chi connectivity index (χ1n) is 10.7. The third kappa shape index (κ3) is 4.08. The van der Waals surface area contributed by atoms with Crippen LogP contribution >= 0.6 is 0 Å². The molecule has 1 saturated heterocycles. The van der Waals surface area contributed by atoms with Gasteiger partial charge in [0, 0.05) is 13.1 Å². The minimum Gasteiger partial charge on any atom is -0.383 e. The number of urea groups is 1. The molecule has 0 aromatic carbocycles. The van der Waals surface area contributed by atoms with Crippen LogP contribution in [0.4, 0.5) is 16.3 Å². The normalized spacial score (nSPS) is 20.8. The lowest BCUT2D eigenvalue weighted by Gasteiger charge is -2.26. The largest absolute Gasteiger partial charge is 0.383 e. The Balaban J connectivity index is 1.91. The maximum Gasteiger partial charge on any atom is 0.330 e. The number of nitrogens with zero attached hydrogens (tertiary/aromatic N) is 3. The number of nitrogen functional groups attached to an aromatic ring is 1. The van der Waals surface area contributed by atoms with E-state index in [0.29, 0.717) is 19.4 Å². The van der Waals surface area contributed by atoms with Gasteiger partial charge in [-0.1, -0.05) is 20.3 Å². The molecule has 1 aliphatic heterocycles. The summed E-state index contributed by atoms with van der Waals surface area (Å²) in [7, 11) is 0. The molecule has 11 heteroatoms. The Bertz CT molecular complexity index is 1010. The van der Waals surface area contributed by atoms with Crippen LogP contribution in [0.1, 0.15) is 52.9 Å².